The molecule has 0 spiro atoms. The molecular formula is C74H72BN3O. The van der Waals surface area contributed by atoms with Crippen molar-refractivity contribution in [2.24, 2.45) is 0 Å². The second-order valence-electron chi connectivity index (χ2n) is 27.7. The number of furan rings is 1. The van der Waals surface area contributed by atoms with Crippen molar-refractivity contribution in [1.29, 1.82) is 0 Å². The van der Waals surface area contributed by atoms with Crippen molar-refractivity contribution in [2.75, 3.05) is 9.80 Å². The van der Waals surface area contributed by atoms with Crippen LogP contribution in [0.3, 0.4) is 0 Å². The Morgan fingerprint density at radius 2 is 1.08 bits per heavy atom. The van der Waals surface area contributed by atoms with Crippen LogP contribution in [0.5, 0.6) is 0 Å². The highest BCUT2D eigenvalue weighted by atomic mass is 16.3. The zero-order valence-corrected chi connectivity index (χ0v) is 48.5. The summed E-state index contributed by atoms with van der Waals surface area (Å²) in [5.74, 6) is 0. The van der Waals surface area contributed by atoms with Crippen LogP contribution in [-0.2, 0) is 27.1 Å². The number of rotatable bonds is 5. The van der Waals surface area contributed by atoms with Gasteiger partial charge in [-0.25, -0.2) is 0 Å². The lowest BCUT2D eigenvalue weighted by Crippen LogP contribution is -2.56. The van der Waals surface area contributed by atoms with Crippen molar-refractivity contribution >= 4 is 95.6 Å². The quantitative estimate of drug-likeness (QED) is 0.161. The molecule has 5 heteroatoms. The van der Waals surface area contributed by atoms with Gasteiger partial charge in [0.2, 0.25) is 0 Å². The fourth-order valence-corrected chi connectivity index (χ4v) is 13.8. The van der Waals surface area contributed by atoms with Gasteiger partial charge in [0.05, 0.1) is 11.4 Å². The molecule has 0 fully saturated rings. The molecule has 0 radical (unpaired) electrons. The lowest BCUT2D eigenvalue weighted by atomic mass is 9.47. The normalized spacial score (nSPS) is 15.5. The molecule has 0 amide bonds. The van der Waals surface area contributed by atoms with Gasteiger partial charge in [0.15, 0.2) is 0 Å². The summed E-state index contributed by atoms with van der Waals surface area (Å²) in [5.41, 5.74) is 23.8. The molecule has 0 unspecified atom stereocenters. The molecule has 3 aliphatic rings. The summed E-state index contributed by atoms with van der Waals surface area (Å²) in [7, 11) is 0. The van der Waals surface area contributed by atoms with Crippen LogP contribution >= 0.6 is 0 Å². The van der Waals surface area contributed by atoms with E-state index in [1.54, 1.807) is 0 Å². The zero-order chi connectivity index (χ0) is 54.9. The first-order valence-electron chi connectivity index (χ1n) is 28.8. The first kappa shape index (κ1) is 49.5. The molecule has 4 nitrogen and oxygen atoms in total. The van der Waals surface area contributed by atoms with Crippen LogP contribution in [-0.4, -0.2) is 11.3 Å². The maximum absolute atomic E-state index is 7.82. The standard InChI is InChI=1S/C74H72BN3O/c1-70(2,3)47-27-32-50(33-28-47)76(51-34-29-48(30-35-51)71(4,5)6)52-41-57-54-24-19-25-55-65-53-23-18-17-22-46(53)26-36-62(65)78(67(54)55)75-66(57)63(42-52)77(61-37-31-49(72(7,8)9)40-56(61)45-20-15-14-16-21-45)68-58-43-59-60(44-64(58)79-69(68)75)74(12,13)39-38-73(59,10)11/h14-37,40-44H,38-39H2,1-13H3. The van der Waals surface area contributed by atoms with E-state index in [0.29, 0.717) is 0 Å². The predicted molar refractivity (Wildman–Crippen MR) is 339 cm³/mol. The third-order valence-electron chi connectivity index (χ3n) is 18.5. The van der Waals surface area contributed by atoms with E-state index in [0.717, 1.165) is 63.6 Å². The Morgan fingerprint density at radius 3 is 1.72 bits per heavy atom. The van der Waals surface area contributed by atoms with Crippen molar-refractivity contribution in [3.63, 3.8) is 0 Å². The highest BCUT2D eigenvalue weighted by Crippen LogP contribution is 2.55. The second kappa shape index (κ2) is 16.9. The number of para-hydroxylation sites is 1. The largest absolute Gasteiger partial charge is 0.466 e. The fraction of sp³-hybridized carbons (Fsp3) is 0.270. The smallest absolute Gasteiger partial charge is 0.375 e. The topological polar surface area (TPSA) is 24.6 Å². The van der Waals surface area contributed by atoms with E-state index in [4.69, 9.17) is 4.42 Å². The lowest BCUT2D eigenvalue weighted by molar-refractivity contribution is 0.332. The Hall–Kier alpha value is -7.76. The minimum atomic E-state index is -0.286. The molecular weight excluding hydrogens is 958 g/mol. The van der Waals surface area contributed by atoms with Crippen LogP contribution < -0.4 is 20.9 Å². The third kappa shape index (κ3) is 7.54. The van der Waals surface area contributed by atoms with Gasteiger partial charge in [-0.2, -0.15) is 0 Å². The molecule has 0 saturated carbocycles. The summed E-state index contributed by atoms with van der Waals surface area (Å²) in [5, 5.41) is 6.21. The molecule has 79 heavy (non-hydrogen) atoms. The monoisotopic (exact) mass is 1030 g/mol. The Labute approximate surface area is 467 Å². The van der Waals surface area contributed by atoms with Crippen molar-refractivity contribution in [3.05, 3.63) is 204 Å². The molecule has 14 rings (SSSR count). The summed E-state index contributed by atoms with van der Waals surface area (Å²) < 4.78 is 10.5. The summed E-state index contributed by atoms with van der Waals surface area (Å²) in [6, 6.07) is 67.6. The number of anilines is 6. The number of nitrogens with zero attached hydrogens (tertiary/aromatic N) is 3. The molecule has 1 aliphatic carbocycles. The van der Waals surface area contributed by atoms with E-state index >= 15 is 0 Å². The summed E-state index contributed by atoms with van der Waals surface area (Å²) in [6.45, 7) is 30.3. The molecule has 2 aliphatic heterocycles. The number of hydrogen-bond acceptors (Lipinski definition) is 3. The van der Waals surface area contributed by atoms with Crippen molar-refractivity contribution in [2.45, 2.75) is 130 Å². The summed E-state index contributed by atoms with van der Waals surface area (Å²) >= 11 is 0. The molecule has 11 aromatic rings. The van der Waals surface area contributed by atoms with Crippen LogP contribution in [0.25, 0.3) is 65.8 Å². The SMILES string of the molecule is CC(C)(C)c1ccc(N(c2ccc(C(C)(C)C)cc2)c2cc3c4c(c2)N(c2ccc(C(C)(C)C)cc2-c2ccccc2)c2c(oc5cc6c(cc25)C(C)(C)CCC6(C)C)B4n2c4ccc5ccccc5c4c4cccc-3c42)cc1. The highest BCUT2D eigenvalue weighted by molar-refractivity contribution is 6.89. The molecule has 0 saturated heterocycles. The molecule has 0 atom stereocenters. The minimum Gasteiger partial charge on any atom is -0.466 e. The summed E-state index contributed by atoms with van der Waals surface area (Å²) in [6.07, 6.45) is 2.24. The molecule has 0 bridgehead atoms. The first-order valence-corrected chi connectivity index (χ1v) is 28.8. The van der Waals surface area contributed by atoms with Gasteiger partial charge in [-0.15, -0.1) is 0 Å². The van der Waals surface area contributed by atoms with E-state index in [2.05, 4.69) is 280 Å². The van der Waals surface area contributed by atoms with E-state index < -0.39 is 0 Å². The Kier molecular flexibility index (Phi) is 10.6. The maximum Gasteiger partial charge on any atom is 0.375 e. The molecule has 4 heterocycles. The number of hydrogen-bond donors (Lipinski definition) is 0. The van der Waals surface area contributed by atoms with E-state index in [1.807, 2.05) is 0 Å². The van der Waals surface area contributed by atoms with E-state index in [-0.39, 0.29) is 33.9 Å². The fourth-order valence-electron chi connectivity index (χ4n) is 13.8. The maximum atomic E-state index is 7.82. The van der Waals surface area contributed by atoms with Crippen LogP contribution in [0.4, 0.5) is 34.1 Å². The Balaban J connectivity index is 1.16. The zero-order valence-electron chi connectivity index (χ0n) is 48.5. The molecule has 2 aromatic heterocycles. The molecule has 9 aromatic carbocycles. The number of benzene rings is 9. The number of fused-ring (bicyclic) bond motifs is 12. The first-order chi connectivity index (χ1) is 37.6. The van der Waals surface area contributed by atoms with Gasteiger partial charge in [-0.3, -0.25) is 0 Å². The number of aromatic nitrogens is 1. The Bertz CT molecular complexity index is 4240. The van der Waals surface area contributed by atoms with Gasteiger partial charge in [-0.1, -0.05) is 199 Å². The van der Waals surface area contributed by atoms with Crippen molar-refractivity contribution < 1.29 is 4.42 Å². The van der Waals surface area contributed by atoms with Gasteiger partial charge in [0.25, 0.3) is 0 Å². The predicted octanol–water partition coefficient (Wildman–Crippen LogP) is 19.5. The van der Waals surface area contributed by atoms with Crippen molar-refractivity contribution in [3.8, 4) is 22.3 Å². The Morgan fingerprint density at radius 1 is 0.481 bits per heavy atom. The third-order valence-corrected chi connectivity index (χ3v) is 18.5. The van der Waals surface area contributed by atoms with Gasteiger partial charge < -0.3 is 18.7 Å². The van der Waals surface area contributed by atoms with Gasteiger partial charge in [-0.05, 0) is 162 Å². The summed E-state index contributed by atoms with van der Waals surface area (Å²) in [4.78, 5) is 5.14. The minimum absolute atomic E-state index is 0.0000257. The van der Waals surface area contributed by atoms with Gasteiger partial charge >= 0.3 is 6.85 Å². The van der Waals surface area contributed by atoms with Gasteiger partial charge in [0, 0.05) is 61.1 Å². The van der Waals surface area contributed by atoms with Gasteiger partial charge in [0.1, 0.15) is 11.2 Å². The molecule has 392 valence electrons. The van der Waals surface area contributed by atoms with E-state index in [1.165, 1.54) is 88.1 Å². The second-order valence-corrected chi connectivity index (χ2v) is 27.7. The average molecular weight is 1030 g/mol. The highest BCUT2D eigenvalue weighted by Gasteiger charge is 2.48. The molecule has 0 N–H and O–H groups in total. The van der Waals surface area contributed by atoms with Crippen LogP contribution in [0.1, 0.15) is 131 Å². The van der Waals surface area contributed by atoms with Crippen LogP contribution in [0.15, 0.2) is 180 Å². The average Bonchev–Trinajstić information content (AvgIpc) is 3.53. The van der Waals surface area contributed by atoms with Crippen LogP contribution in [0, 0.1) is 0 Å². The van der Waals surface area contributed by atoms with Crippen molar-refractivity contribution in [1.82, 2.24) is 4.48 Å². The van der Waals surface area contributed by atoms with E-state index in [9.17, 15) is 0 Å². The van der Waals surface area contributed by atoms with Crippen LogP contribution in [0.2, 0.25) is 0 Å². The lowest BCUT2D eigenvalue weighted by Gasteiger charge is -2.42.